The number of nitrogens with one attached hydrogen (secondary N) is 1. The zero-order valence-corrected chi connectivity index (χ0v) is 11.1. The Morgan fingerprint density at radius 1 is 1.32 bits per heavy atom. The average molecular weight is 260 g/mol. The number of aliphatic hydroxyl groups excluding tert-OH is 1. The van der Waals surface area contributed by atoms with Gasteiger partial charge in [0.1, 0.15) is 0 Å². The number of fused-ring (bicyclic) bond motifs is 1. The number of benzene rings is 1. The van der Waals surface area contributed by atoms with Gasteiger partial charge in [-0.25, -0.2) is 0 Å². The summed E-state index contributed by atoms with van der Waals surface area (Å²) < 4.78 is 0. The van der Waals surface area contributed by atoms with E-state index in [1.54, 1.807) is 0 Å². The van der Waals surface area contributed by atoms with Crippen LogP contribution in [0.4, 0.5) is 5.69 Å². The lowest BCUT2D eigenvalue weighted by molar-refractivity contribution is 0.0546. The molecule has 1 fully saturated rings. The zero-order valence-electron chi connectivity index (χ0n) is 11.1. The number of rotatable bonds is 1. The van der Waals surface area contributed by atoms with Gasteiger partial charge >= 0.3 is 0 Å². The summed E-state index contributed by atoms with van der Waals surface area (Å²) in [4.78, 5) is 14.3. The Morgan fingerprint density at radius 3 is 2.89 bits per heavy atom. The molecule has 102 valence electrons. The lowest BCUT2D eigenvalue weighted by Crippen LogP contribution is -2.40. The largest absolute Gasteiger partial charge is 0.393 e. The van der Waals surface area contributed by atoms with Crippen molar-refractivity contribution in [3.05, 3.63) is 29.3 Å². The van der Waals surface area contributed by atoms with Gasteiger partial charge in [-0.1, -0.05) is 0 Å². The number of likely N-dealkylation sites (tertiary alicyclic amines) is 1. The van der Waals surface area contributed by atoms with Gasteiger partial charge in [0.25, 0.3) is 5.91 Å². The number of carbonyl (C=O) groups excluding carboxylic acids is 1. The van der Waals surface area contributed by atoms with Crippen LogP contribution >= 0.6 is 0 Å². The predicted octanol–water partition coefficient (Wildman–Crippen LogP) is 1.64. The van der Waals surface area contributed by atoms with E-state index in [9.17, 15) is 9.90 Å². The smallest absolute Gasteiger partial charge is 0.253 e. The van der Waals surface area contributed by atoms with E-state index in [2.05, 4.69) is 5.32 Å². The van der Waals surface area contributed by atoms with Gasteiger partial charge in [0.2, 0.25) is 0 Å². The van der Waals surface area contributed by atoms with Gasteiger partial charge in [0.15, 0.2) is 0 Å². The second kappa shape index (κ2) is 5.21. The molecular formula is C15H20N2O2. The van der Waals surface area contributed by atoms with Crippen molar-refractivity contribution in [2.24, 2.45) is 0 Å². The molecule has 0 spiro atoms. The lowest BCUT2D eigenvalue weighted by atomic mass is 9.99. The maximum Gasteiger partial charge on any atom is 0.253 e. The molecule has 0 aromatic heterocycles. The number of hydrogen-bond acceptors (Lipinski definition) is 3. The first-order valence-corrected chi connectivity index (χ1v) is 7.08. The molecule has 0 bridgehead atoms. The average Bonchev–Trinajstić information content (AvgIpc) is 2.47. The van der Waals surface area contributed by atoms with Crippen molar-refractivity contribution in [2.45, 2.75) is 31.8 Å². The minimum absolute atomic E-state index is 0.0975. The molecule has 1 amide bonds. The van der Waals surface area contributed by atoms with Crippen LogP contribution in [-0.4, -0.2) is 41.7 Å². The van der Waals surface area contributed by atoms with Crippen molar-refractivity contribution < 1.29 is 9.90 Å². The highest BCUT2D eigenvalue weighted by Gasteiger charge is 2.23. The molecule has 1 saturated heterocycles. The third kappa shape index (κ3) is 2.59. The van der Waals surface area contributed by atoms with Crippen LogP contribution < -0.4 is 5.32 Å². The monoisotopic (exact) mass is 260 g/mol. The molecular weight excluding hydrogens is 240 g/mol. The molecule has 2 N–H and O–H groups in total. The van der Waals surface area contributed by atoms with Gasteiger partial charge in [0.05, 0.1) is 6.10 Å². The Hall–Kier alpha value is -1.55. The van der Waals surface area contributed by atoms with E-state index in [4.69, 9.17) is 0 Å². The summed E-state index contributed by atoms with van der Waals surface area (Å²) >= 11 is 0. The minimum atomic E-state index is -0.239. The Balaban J connectivity index is 1.76. The fraction of sp³-hybridized carbons (Fsp3) is 0.533. The second-order valence-corrected chi connectivity index (χ2v) is 5.43. The van der Waals surface area contributed by atoms with Gasteiger partial charge in [0, 0.05) is 30.9 Å². The van der Waals surface area contributed by atoms with E-state index in [0.29, 0.717) is 25.9 Å². The summed E-state index contributed by atoms with van der Waals surface area (Å²) in [6.07, 6.45) is 3.32. The molecule has 2 aliphatic rings. The number of carbonyl (C=O) groups is 1. The van der Waals surface area contributed by atoms with E-state index in [-0.39, 0.29) is 12.0 Å². The molecule has 1 aromatic carbocycles. The fourth-order valence-corrected chi connectivity index (χ4v) is 2.86. The second-order valence-electron chi connectivity index (χ2n) is 5.43. The van der Waals surface area contributed by atoms with Gasteiger partial charge < -0.3 is 15.3 Å². The summed E-state index contributed by atoms with van der Waals surface area (Å²) in [6, 6.07) is 5.94. The molecule has 1 aromatic rings. The SMILES string of the molecule is O=C(c1ccc2c(c1)CCCN2)N1CCC(O)CC1. The molecule has 0 radical (unpaired) electrons. The first-order chi connectivity index (χ1) is 9.24. The molecule has 0 saturated carbocycles. The van der Waals surface area contributed by atoms with Gasteiger partial charge in [-0.05, 0) is 49.4 Å². The molecule has 0 aliphatic carbocycles. The van der Waals surface area contributed by atoms with E-state index >= 15 is 0 Å². The highest BCUT2D eigenvalue weighted by atomic mass is 16.3. The summed E-state index contributed by atoms with van der Waals surface area (Å²) in [7, 11) is 0. The molecule has 19 heavy (non-hydrogen) atoms. The minimum Gasteiger partial charge on any atom is -0.393 e. The van der Waals surface area contributed by atoms with E-state index in [0.717, 1.165) is 30.6 Å². The maximum absolute atomic E-state index is 12.4. The Labute approximate surface area is 113 Å². The van der Waals surface area contributed by atoms with E-state index in [1.165, 1.54) is 5.56 Å². The summed E-state index contributed by atoms with van der Waals surface area (Å²) in [5, 5.41) is 12.8. The van der Waals surface area contributed by atoms with Crippen LogP contribution in [-0.2, 0) is 6.42 Å². The van der Waals surface area contributed by atoms with Crippen LogP contribution in [0.3, 0.4) is 0 Å². The van der Waals surface area contributed by atoms with Crippen LogP contribution in [0.25, 0.3) is 0 Å². The maximum atomic E-state index is 12.4. The van der Waals surface area contributed by atoms with Gasteiger partial charge in [-0.3, -0.25) is 4.79 Å². The van der Waals surface area contributed by atoms with Gasteiger partial charge in [-0.15, -0.1) is 0 Å². The van der Waals surface area contributed by atoms with Crippen LogP contribution in [0.15, 0.2) is 18.2 Å². The number of nitrogens with zero attached hydrogens (tertiary/aromatic N) is 1. The number of amides is 1. The van der Waals surface area contributed by atoms with Crippen LogP contribution in [0.2, 0.25) is 0 Å². The molecule has 2 heterocycles. The molecule has 0 atom stereocenters. The fourth-order valence-electron chi connectivity index (χ4n) is 2.86. The number of hydrogen-bond donors (Lipinski definition) is 2. The van der Waals surface area contributed by atoms with Crippen molar-refractivity contribution in [2.75, 3.05) is 25.0 Å². The third-order valence-electron chi connectivity index (χ3n) is 4.04. The number of piperidine rings is 1. The molecule has 4 heteroatoms. The Morgan fingerprint density at radius 2 is 2.11 bits per heavy atom. The molecule has 4 nitrogen and oxygen atoms in total. The predicted molar refractivity (Wildman–Crippen MR) is 74.4 cm³/mol. The van der Waals surface area contributed by atoms with E-state index < -0.39 is 0 Å². The summed E-state index contributed by atoms with van der Waals surface area (Å²) in [5.41, 5.74) is 3.19. The Bertz CT molecular complexity index is 479. The highest BCUT2D eigenvalue weighted by Crippen LogP contribution is 2.24. The first-order valence-electron chi connectivity index (χ1n) is 7.08. The highest BCUT2D eigenvalue weighted by molar-refractivity contribution is 5.95. The third-order valence-corrected chi connectivity index (χ3v) is 4.04. The topological polar surface area (TPSA) is 52.6 Å². The molecule has 0 unspecified atom stereocenters. The lowest BCUT2D eigenvalue weighted by Gasteiger charge is -2.30. The summed E-state index contributed by atoms with van der Waals surface area (Å²) in [6.45, 7) is 2.34. The van der Waals surface area contributed by atoms with Crippen molar-refractivity contribution in [1.82, 2.24) is 4.90 Å². The number of aliphatic hydroxyl groups is 1. The number of aryl methyl sites for hydroxylation is 1. The normalized spacial score (nSPS) is 19.7. The summed E-state index contributed by atoms with van der Waals surface area (Å²) in [5.74, 6) is 0.0975. The first kappa shape index (κ1) is 12.5. The van der Waals surface area contributed by atoms with Crippen molar-refractivity contribution in [3.8, 4) is 0 Å². The van der Waals surface area contributed by atoms with Crippen LogP contribution in [0.5, 0.6) is 0 Å². The van der Waals surface area contributed by atoms with Gasteiger partial charge in [-0.2, -0.15) is 0 Å². The van der Waals surface area contributed by atoms with Crippen LogP contribution in [0, 0.1) is 0 Å². The molecule has 2 aliphatic heterocycles. The quantitative estimate of drug-likeness (QED) is 0.807. The standard InChI is InChI=1S/C15H20N2O2/c18-13-5-8-17(9-6-13)15(19)12-3-4-14-11(10-12)2-1-7-16-14/h3-4,10,13,16,18H,1-2,5-9H2. The van der Waals surface area contributed by atoms with E-state index in [1.807, 2.05) is 23.1 Å². The van der Waals surface area contributed by atoms with Crippen molar-refractivity contribution in [1.29, 1.82) is 0 Å². The zero-order chi connectivity index (χ0) is 13.2. The number of anilines is 1. The van der Waals surface area contributed by atoms with Crippen molar-refractivity contribution >= 4 is 11.6 Å². The Kier molecular flexibility index (Phi) is 3.42. The molecule has 3 rings (SSSR count). The van der Waals surface area contributed by atoms with Crippen molar-refractivity contribution in [3.63, 3.8) is 0 Å². The van der Waals surface area contributed by atoms with Crippen LogP contribution in [0.1, 0.15) is 35.2 Å².